The van der Waals surface area contributed by atoms with Crippen molar-refractivity contribution in [2.75, 3.05) is 0 Å². The van der Waals surface area contributed by atoms with Crippen molar-refractivity contribution in [1.82, 2.24) is 0 Å². The number of ketones is 1. The van der Waals surface area contributed by atoms with E-state index >= 15 is 0 Å². The second kappa shape index (κ2) is 8.08. The molecule has 0 heterocycles. The van der Waals surface area contributed by atoms with E-state index in [4.69, 9.17) is 4.74 Å². The number of ether oxygens (including phenoxy) is 1. The lowest BCUT2D eigenvalue weighted by atomic mass is 10.0. The zero-order chi connectivity index (χ0) is 20.2. The molecule has 5 heteroatoms. The van der Waals surface area contributed by atoms with Gasteiger partial charge in [-0.1, -0.05) is 36.9 Å². The maximum Gasteiger partial charge on any atom is 0.338 e. The molecular formula is C22H20F2O3. The molecule has 0 amide bonds. The Morgan fingerprint density at radius 2 is 1.56 bits per heavy atom. The van der Waals surface area contributed by atoms with E-state index in [1.165, 1.54) is 12.1 Å². The number of halogens is 2. The van der Waals surface area contributed by atoms with E-state index < -0.39 is 29.0 Å². The molecule has 0 radical (unpaired) electrons. The summed E-state index contributed by atoms with van der Waals surface area (Å²) < 4.78 is 31.4. The highest BCUT2D eigenvalue weighted by molar-refractivity contribution is 6.15. The highest BCUT2D eigenvalue weighted by atomic mass is 19.2. The number of allylic oxidation sites excluding steroid dienone is 1. The second-order valence-corrected chi connectivity index (χ2v) is 6.93. The molecule has 0 aliphatic carbocycles. The van der Waals surface area contributed by atoms with Crippen LogP contribution in [0, 0.1) is 11.6 Å². The molecular weight excluding hydrogens is 350 g/mol. The minimum Gasteiger partial charge on any atom is -0.456 e. The van der Waals surface area contributed by atoms with Crippen LogP contribution in [-0.4, -0.2) is 17.4 Å². The standard InChI is InChI=1S/C22H20F2O3/c1-14(21(26)27-22(2,3)4)16-8-5-15(6-9-16)7-12-20(25)17-10-11-18(23)19(24)13-17/h5-13H,1H2,2-4H3. The molecule has 0 aromatic heterocycles. The van der Waals surface area contributed by atoms with E-state index in [1.807, 2.05) is 0 Å². The molecule has 2 rings (SSSR count). The van der Waals surface area contributed by atoms with Gasteiger partial charge in [0.2, 0.25) is 0 Å². The molecule has 0 saturated heterocycles. The molecule has 0 fully saturated rings. The maximum absolute atomic E-state index is 13.2. The topological polar surface area (TPSA) is 43.4 Å². The number of carbonyl (C=O) groups is 2. The van der Waals surface area contributed by atoms with Crippen molar-refractivity contribution in [3.05, 3.63) is 83.4 Å². The first kappa shape index (κ1) is 20.2. The summed E-state index contributed by atoms with van der Waals surface area (Å²) in [7, 11) is 0. The lowest BCUT2D eigenvalue weighted by Crippen LogP contribution is -2.24. The van der Waals surface area contributed by atoms with Gasteiger partial charge in [0, 0.05) is 5.56 Å². The van der Waals surface area contributed by atoms with Gasteiger partial charge in [-0.15, -0.1) is 0 Å². The third kappa shape index (κ3) is 5.71. The van der Waals surface area contributed by atoms with Crippen LogP contribution in [-0.2, 0) is 9.53 Å². The SMILES string of the molecule is C=C(C(=O)OC(C)(C)C)c1ccc(C=CC(=O)c2ccc(F)c(F)c2)cc1. The van der Waals surface area contributed by atoms with Crippen LogP contribution in [0.25, 0.3) is 11.6 Å². The van der Waals surface area contributed by atoms with Gasteiger partial charge in [0.1, 0.15) is 5.60 Å². The Bertz CT molecular complexity index is 904. The van der Waals surface area contributed by atoms with Gasteiger partial charge in [-0.25, -0.2) is 13.6 Å². The van der Waals surface area contributed by atoms with Gasteiger partial charge in [0.25, 0.3) is 0 Å². The van der Waals surface area contributed by atoms with Gasteiger partial charge in [-0.05, 0) is 56.2 Å². The van der Waals surface area contributed by atoms with Gasteiger partial charge in [0.15, 0.2) is 17.4 Å². The summed E-state index contributed by atoms with van der Waals surface area (Å²) in [6, 6.07) is 9.78. The highest BCUT2D eigenvalue weighted by Crippen LogP contribution is 2.19. The Labute approximate surface area is 157 Å². The predicted molar refractivity (Wildman–Crippen MR) is 101 cm³/mol. The lowest BCUT2D eigenvalue weighted by Gasteiger charge is -2.20. The van der Waals surface area contributed by atoms with Crippen molar-refractivity contribution >= 4 is 23.4 Å². The average Bonchev–Trinajstić information content (AvgIpc) is 2.60. The molecule has 0 saturated carbocycles. The van der Waals surface area contributed by atoms with Crippen molar-refractivity contribution in [1.29, 1.82) is 0 Å². The Kier molecular flexibility index (Phi) is 6.05. The molecule has 0 bridgehead atoms. The first-order valence-corrected chi connectivity index (χ1v) is 8.27. The second-order valence-electron chi connectivity index (χ2n) is 6.93. The van der Waals surface area contributed by atoms with Crippen LogP contribution in [0.2, 0.25) is 0 Å². The number of carbonyl (C=O) groups excluding carboxylic acids is 2. The minimum atomic E-state index is -1.07. The monoisotopic (exact) mass is 370 g/mol. The van der Waals surface area contributed by atoms with Crippen LogP contribution in [0.4, 0.5) is 8.78 Å². The van der Waals surface area contributed by atoms with Crippen molar-refractivity contribution < 1.29 is 23.1 Å². The van der Waals surface area contributed by atoms with Crippen molar-refractivity contribution in [2.45, 2.75) is 26.4 Å². The normalized spacial score (nSPS) is 11.4. The predicted octanol–water partition coefficient (Wildman–Crippen LogP) is 5.22. The summed E-state index contributed by atoms with van der Waals surface area (Å²) in [4.78, 5) is 24.1. The molecule has 3 nitrogen and oxygen atoms in total. The van der Waals surface area contributed by atoms with Crippen LogP contribution in [0.3, 0.4) is 0 Å². The average molecular weight is 370 g/mol. The molecule has 0 spiro atoms. The Morgan fingerprint density at radius 1 is 0.963 bits per heavy atom. The van der Waals surface area contributed by atoms with E-state index in [0.717, 1.165) is 12.1 Å². The van der Waals surface area contributed by atoms with Crippen LogP contribution in [0.1, 0.15) is 42.3 Å². The molecule has 0 unspecified atom stereocenters. The summed E-state index contributed by atoms with van der Waals surface area (Å²) >= 11 is 0. The molecule has 2 aromatic rings. The van der Waals surface area contributed by atoms with Crippen LogP contribution < -0.4 is 0 Å². The van der Waals surface area contributed by atoms with Gasteiger partial charge < -0.3 is 4.74 Å². The van der Waals surface area contributed by atoms with Crippen molar-refractivity contribution in [3.63, 3.8) is 0 Å². The Balaban J connectivity index is 2.07. The van der Waals surface area contributed by atoms with E-state index in [2.05, 4.69) is 6.58 Å². The van der Waals surface area contributed by atoms with Gasteiger partial charge in [-0.2, -0.15) is 0 Å². The van der Waals surface area contributed by atoms with Crippen molar-refractivity contribution in [3.8, 4) is 0 Å². The summed E-state index contributed by atoms with van der Waals surface area (Å²) in [5, 5.41) is 0. The first-order chi connectivity index (χ1) is 12.6. The molecule has 2 aromatic carbocycles. The number of benzene rings is 2. The quantitative estimate of drug-likeness (QED) is 0.412. The number of rotatable bonds is 5. The summed E-state index contributed by atoms with van der Waals surface area (Å²) in [5.74, 6) is -3.02. The zero-order valence-corrected chi connectivity index (χ0v) is 15.4. The largest absolute Gasteiger partial charge is 0.456 e. The fourth-order valence-electron chi connectivity index (χ4n) is 2.17. The summed E-state index contributed by atoms with van der Waals surface area (Å²) in [5.41, 5.74) is 0.987. The van der Waals surface area contributed by atoms with E-state index in [0.29, 0.717) is 11.1 Å². The fourth-order valence-corrected chi connectivity index (χ4v) is 2.17. The van der Waals surface area contributed by atoms with Crippen LogP contribution in [0.15, 0.2) is 55.1 Å². The molecule has 140 valence electrons. The minimum absolute atomic E-state index is 0.0556. The van der Waals surface area contributed by atoms with Gasteiger partial charge >= 0.3 is 5.97 Å². The summed E-state index contributed by atoms with van der Waals surface area (Å²) in [6.45, 7) is 9.08. The van der Waals surface area contributed by atoms with E-state index in [1.54, 1.807) is 51.1 Å². The number of hydrogen-bond donors (Lipinski definition) is 0. The molecule has 0 aliphatic rings. The van der Waals surface area contributed by atoms with E-state index in [-0.39, 0.29) is 11.1 Å². The number of hydrogen-bond acceptors (Lipinski definition) is 3. The summed E-state index contributed by atoms with van der Waals surface area (Å²) in [6.07, 6.45) is 2.81. The maximum atomic E-state index is 13.2. The Hall–Kier alpha value is -3.08. The van der Waals surface area contributed by atoms with Crippen LogP contribution in [0.5, 0.6) is 0 Å². The van der Waals surface area contributed by atoms with Gasteiger partial charge in [0.05, 0.1) is 5.57 Å². The third-order valence-corrected chi connectivity index (χ3v) is 3.54. The lowest BCUT2D eigenvalue weighted by molar-refractivity contribution is -0.147. The number of esters is 1. The molecule has 0 N–H and O–H groups in total. The molecule has 27 heavy (non-hydrogen) atoms. The van der Waals surface area contributed by atoms with Gasteiger partial charge in [-0.3, -0.25) is 4.79 Å². The van der Waals surface area contributed by atoms with E-state index in [9.17, 15) is 18.4 Å². The van der Waals surface area contributed by atoms with Crippen molar-refractivity contribution in [2.24, 2.45) is 0 Å². The Morgan fingerprint density at radius 3 is 2.11 bits per heavy atom. The fraction of sp³-hybridized carbons (Fsp3) is 0.182. The third-order valence-electron chi connectivity index (χ3n) is 3.54. The smallest absolute Gasteiger partial charge is 0.338 e. The van der Waals surface area contributed by atoms with Crippen LogP contribution >= 0.6 is 0 Å². The molecule has 0 atom stereocenters. The molecule has 0 aliphatic heterocycles. The zero-order valence-electron chi connectivity index (χ0n) is 15.4. The first-order valence-electron chi connectivity index (χ1n) is 8.27. The highest BCUT2D eigenvalue weighted by Gasteiger charge is 2.19.